The Balaban J connectivity index is 1.68. The lowest BCUT2D eigenvalue weighted by Gasteiger charge is -2.37. The van der Waals surface area contributed by atoms with E-state index in [-0.39, 0.29) is 46.9 Å². The van der Waals surface area contributed by atoms with Gasteiger partial charge in [-0.2, -0.15) is 0 Å². The van der Waals surface area contributed by atoms with E-state index in [9.17, 15) is 19.2 Å². The van der Waals surface area contributed by atoms with Crippen molar-refractivity contribution in [1.29, 1.82) is 0 Å². The number of hydrogen-bond acceptors (Lipinski definition) is 8. The number of Topliss-reactive ketones (excluding diaryl/α,β-unsaturated/α-hetero) is 1. The molecule has 7 unspecified atom stereocenters. The van der Waals surface area contributed by atoms with Crippen molar-refractivity contribution in [2.45, 2.75) is 157 Å². The first-order valence-corrected chi connectivity index (χ1v) is 25.5. The molecule has 11 nitrogen and oxygen atoms in total. The molecule has 3 rings (SSSR count). The Morgan fingerprint density at radius 1 is 0.721 bits per heavy atom. The van der Waals surface area contributed by atoms with E-state index >= 15 is 0 Å². The van der Waals surface area contributed by atoms with Crippen LogP contribution in [0.15, 0.2) is 60.7 Å². The summed E-state index contributed by atoms with van der Waals surface area (Å²) < 4.78 is 0. The molecule has 0 saturated carbocycles. The molecule has 0 radical (unpaired) electrons. The molecule has 0 bridgehead atoms. The fraction of sp³-hybridized carbons (Fsp3) is 0.649. The molecule has 2 aromatic rings. The van der Waals surface area contributed by atoms with E-state index in [4.69, 9.17) is 0 Å². The monoisotopic (exact) mass is 936 g/mol. The Morgan fingerprint density at radius 3 is 1.72 bits per heavy atom. The van der Waals surface area contributed by atoms with Gasteiger partial charge in [0.1, 0.15) is 6.04 Å². The lowest BCUT2D eigenvalue weighted by molar-refractivity contribution is -0.140. The van der Waals surface area contributed by atoms with Gasteiger partial charge in [0.25, 0.3) is 0 Å². The second-order valence-corrected chi connectivity index (χ2v) is 21.5. The second kappa shape index (κ2) is 29.5. The fourth-order valence-electron chi connectivity index (χ4n) is 8.87. The number of hydrogen-bond donors (Lipinski definition) is 4. The minimum absolute atomic E-state index is 0.0207. The Labute approximate surface area is 412 Å². The lowest BCUT2D eigenvalue weighted by atomic mass is 9.80. The van der Waals surface area contributed by atoms with Gasteiger partial charge in [0, 0.05) is 45.2 Å². The molecule has 0 aromatic heterocycles. The predicted octanol–water partition coefficient (Wildman–Crippen LogP) is 7.14. The fourth-order valence-corrected chi connectivity index (χ4v) is 8.87. The van der Waals surface area contributed by atoms with Crippen LogP contribution in [0.25, 0.3) is 0 Å². The van der Waals surface area contributed by atoms with Crippen molar-refractivity contribution >= 4 is 23.5 Å². The SMILES string of the molecule is CCC(CCCC(C)CN(CC#CC#CCN(CCc1ccccc1)CC1CCCN1C(=O)C(NC(=O)C(C)NC)C(C)(C)C)CCc1ccccc1)CC(=O)C(NC(=O)C(C)NC)C(C)(C)C. The van der Waals surface area contributed by atoms with Gasteiger partial charge in [0.15, 0.2) is 5.78 Å². The van der Waals surface area contributed by atoms with E-state index in [0.29, 0.717) is 38.5 Å². The number of nitrogens with zero attached hydrogens (tertiary/aromatic N) is 3. The summed E-state index contributed by atoms with van der Waals surface area (Å²) in [6.07, 6.45) is 8.12. The third-order valence-corrected chi connectivity index (χ3v) is 13.6. The van der Waals surface area contributed by atoms with Gasteiger partial charge >= 0.3 is 0 Å². The van der Waals surface area contributed by atoms with Crippen LogP contribution in [0, 0.1) is 46.3 Å². The number of nitrogens with one attached hydrogen (secondary N) is 4. The van der Waals surface area contributed by atoms with Crippen LogP contribution in [0.1, 0.15) is 125 Å². The van der Waals surface area contributed by atoms with Crippen LogP contribution in [0.4, 0.5) is 0 Å². The molecule has 3 amide bonds. The summed E-state index contributed by atoms with van der Waals surface area (Å²) in [6.45, 7) is 25.3. The number of rotatable bonds is 27. The van der Waals surface area contributed by atoms with Gasteiger partial charge < -0.3 is 26.2 Å². The van der Waals surface area contributed by atoms with Crippen molar-refractivity contribution in [3.8, 4) is 23.7 Å². The zero-order valence-electron chi connectivity index (χ0n) is 44.1. The molecule has 11 heteroatoms. The summed E-state index contributed by atoms with van der Waals surface area (Å²) in [5, 5.41) is 12.1. The molecule has 376 valence electrons. The van der Waals surface area contributed by atoms with E-state index in [1.165, 1.54) is 11.1 Å². The first-order valence-electron chi connectivity index (χ1n) is 25.5. The average molecular weight is 936 g/mol. The van der Waals surface area contributed by atoms with E-state index in [2.05, 4.69) is 123 Å². The maximum atomic E-state index is 14.2. The van der Waals surface area contributed by atoms with Crippen LogP contribution in [0.3, 0.4) is 0 Å². The van der Waals surface area contributed by atoms with Gasteiger partial charge in [0.2, 0.25) is 17.7 Å². The number of likely N-dealkylation sites (tertiary alicyclic amines) is 1. The summed E-state index contributed by atoms with van der Waals surface area (Å²) in [5.74, 6) is 13.6. The molecule has 1 heterocycles. The van der Waals surface area contributed by atoms with E-state index in [0.717, 1.165) is 71.0 Å². The van der Waals surface area contributed by atoms with Gasteiger partial charge in [-0.05, 0) is 106 Å². The van der Waals surface area contributed by atoms with Gasteiger partial charge in [0.05, 0.1) is 31.2 Å². The topological polar surface area (TPSA) is 126 Å². The number of carbonyl (C=O) groups excluding carboxylic acids is 4. The highest BCUT2D eigenvalue weighted by Crippen LogP contribution is 2.28. The standard InChI is InChI=1S/C57H89N7O4/c1-13-46(40-50(65)51(56(5,6)7)60-53(66)44(3)58-11)31-24-26-43(2)41-62(38-33-47-27-18-16-19-28-47)35-22-14-15-23-36-63(39-34-48-29-20-17-21-30-48)42-49-32-25-37-64(49)55(68)52(57(8,9)10)61-54(67)45(4)59-12/h16-21,27-30,43-46,49,51-52,58-59H,13,24-26,31-42H2,1-12H3,(H,60,66)(H,61,67). The minimum atomic E-state index is -0.633. The molecule has 1 saturated heterocycles. The molecule has 7 atom stereocenters. The van der Waals surface area contributed by atoms with Crippen LogP contribution in [0.2, 0.25) is 0 Å². The smallest absolute Gasteiger partial charge is 0.245 e. The van der Waals surface area contributed by atoms with Crippen LogP contribution in [-0.2, 0) is 32.0 Å². The lowest BCUT2D eigenvalue weighted by Crippen LogP contribution is -2.59. The van der Waals surface area contributed by atoms with Crippen LogP contribution < -0.4 is 21.3 Å². The van der Waals surface area contributed by atoms with Crippen molar-refractivity contribution in [3.63, 3.8) is 0 Å². The molecular weight excluding hydrogens is 847 g/mol. The highest BCUT2D eigenvalue weighted by molar-refractivity contribution is 5.92. The number of benzene rings is 2. The molecule has 0 spiro atoms. The first-order chi connectivity index (χ1) is 32.3. The Bertz CT molecular complexity index is 1950. The third-order valence-electron chi connectivity index (χ3n) is 13.6. The second-order valence-electron chi connectivity index (χ2n) is 21.5. The number of ketones is 1. The zero-order valence-corrected chi connectivity index (χ0v) is 44.1. The molecule has 1 aliphatic rings. The highest BCUT2D eigenvalue weighted by Gasteiger charge is 2.40. The summed E-state index contributed by atoms with van der Waals surface area (Å²) in [6, 6.07) is 19.2. The van der Waals surface area contributed by atoms with E-state index in [1.807, 2.05) is 59.4 Å². The number of amides is 3. The minimum Gasteiger partial charge on any atom is -0.344 e. The van der Waals surface area contributed by atoms with Crippen molar-refractivity contribution < 1.29 is 19.2 Å². The summed E-state index contributed by atoms with van der Waals surface area (Å²) in [4.78, 5) is 60.4. The maximum Gasteiger partial charge on any atom is 0.245 e. The van der Waals surface area contributed by atoms with Crippen LogP contribution >= 0.6 is 0 Å². The van der Waals surface area contributed by atoms with E-state index < -0.39 is 23.5 Å². The molecule has 0 aliphatic carbocycles. The van der Waals surface area contributed by atoms with Crippen LogP contribution in [0.5, 0.6) is 0 Å². The van der Waals surface area contributed by atoms with E-state index in [1.54, 1.807) is 21.0 Å². The molecule has 2 aromatic carbocycles. The van der Waals surface area contributed by atoms with Crippen molar-refractivity contribution in [1.82, 2.24) is 36.0 Å². The zero-order chi connectivity index (χ0) is 50.3. The maximum absolute atomic E-state index is 14.2. The largest absolute Gasteiger partial charge is 0.344 e. The summed E-state index contributed by atoms with van der Waals surface area (Å²) in [7, 11) is 3.50. The van der Waals surface area contributed by atoms with Crippen molar-refractivity contribution in [3.05, 3.63) is 71.8 Å². The third kappa shape index (κ3) is 20.6. The Hall–Kier alpha value is -4.52. The molecule has 1 aliphatic heterocycles. The van der Waals surface area contributed by atoms with Gasteiger partial charge in [-0.15, -0.1) is 0 Å². The van der Waals surface area contributed by atoms with Gasteiger partial charge in [-0.1, -0.05) is 147 Å². The number of likely N-dealkylation sites (N-methyl/N-ethyl adjacent to an activating group) is 2. The van der Waals surface area contributed by atoms with Gasteiger partial charge in [-0.3, -0.25) is 29.0 Å². The van der Waals surface area contributed by atoms with Crippen molar-refractivity contribution in [2.75, 3.05) is 59.9 Å². The number of carbonyl (C=O) groups is 4. The first kappa shape index (κ1) is 57.8. The van der Waals surface area contributed by atoms with Crippen LogP contribution in [-0.4, -0.2) is 128 Å². The molecule has 1 fully saturated rings. The summed E-state index contributed by atoms with van der Waals surface area (Å²) in [5.41, 5.74) is 1.73. The molecular formula is C57H89N7O4. The van der Waals surface area contributed by atoms with Gasteiger partial charge in [-0.25, -0.2) is 0 Å². The Kier molecular flexibility index (Phi) is 25.1. The molecule has 4 N–H and O–H groups in total. The summed E-state index contributed by atoms with van der Waals surface area (Å²) >= 11 is 0. The van der Waals surface area contributed by atoms with Crippen molar-refractivity contribution in [2.24, 2.45) is 22.7 Å². The quantitative estimate of drug-likeness (QED) is 0.0698. The highest BCUT2D eigenvalue weighted by atomic mass is 16.2. The predicted molar refractivity (Wildman–Crippen MR) is 280 cm³/mol. The average Bonchev–Trinajstić information content (AvgIpc) is 3.78. The Morgan fingerprint density at radius 2 is 1.22 bits per heavy atom. The molecule has 68 heavy (non-hydrogen) atoms. The normalized spacial score (nSPS) is 16.7.